The molecule has 3 rings (SSSR count). The van der Waals surface area contributed by atoms with Crippen LogP contribution in [0.4, 0.5) is 13.2 Å². The van der Waals surface area contributed by atoms with Crippen LogP contribution in [0.25, 0.3) is 0 Å². The van der Waals surface area contributed by atoms with Crippen molar-refractivity contribution < 1.29 is 32.5 Å². The van der Waals surface area contributed by atoms with E-state index in [1.54, 1.807) is 19.9 Å². The smallest absolute Gasteiger partial charge is 0.481 e. The summed E-state index contributed by atoms with van der Waals surface area (Å²) in [5, 5.41) is 19.3. The molecule has 0 aliphatic carbocycles. The van der Waals surface area contributed by atoms with E-state index in [0.29, 0.717) is 11.1 Å². The van der Waals surface area contributed by atoms with Gasteiger partial charge in [-0.1, -0.05) is 26.0 Å². The van der Waals surface area contributed by atoms with Crippen LogP contribution < -0.4 is 4.74 Å². The molecule has 1 aromatic carbocycles. The second-order valence-corrected chi connectivity index (χ2v) is 6.07. The van der Waals surface area contributed by atoms with Crippen LogP contribution in [0.2, 0.25) is 0 Å². The lowest BCUT2D eigenvalue weighted by molar-refractivity contribution is -0.274. The fraction of sp³-hybridized carbons (Fsp3) is 0.263. The van der Waals surface area contributed by atoms with Crippen LogP contribution in [-0.4, -0.2) is 26.5 Å². The summed E-state index contributed by atoms with van der Waals surface area (Å²) in [6, 6.07) is 8.22. The standard InChI is InChI=1S/C15H15F3N2O2.C4H4O2/c1-10(2)14(21,12-7-19-9-20-8-12)11-3-5-13(6-4-11)22-15(16,17)18;5-4-2-1-3-6-4/h3-10,21H,1-2H3;1-3,5H. The zero-order chi connectivity index (χ0) is 20.8. The second-order valence-electron chi connectivity index (χ2n) is 6.07. The second kappa shape index (κ2) is 8.75. The average molecular weight is 396 g/mol. The van der Waals surface area contributed by atoms with Crippen molar-refractivity contribution in [3.05, 3.63) is 72.5 Å². The molecule has 2 N–H and O–H groups in total. The van der Waals surface area contributed by atoms with Crippen molar-refractivity contribution >= 4 is 0 Å². The number of halogens is 3. The number of ether oxygens (including phenoxy) is 1. The molecular weight excluding hydrogens is 377 g/mol. The SMILES string of the molecule is CC(C)C(O)(c1ccc(OC(F)(F)F)cc1)c1cncnc1.Oc1ccco1. The van der Waals surface area contributed by atoms with Crippen LogP contribution in [0.1, 0.15) is 25.0 Å². The Kier molecular flexibility index (Phi) is 6.63. The first-order chi connectivity index (χ1) is 13.1. The topological polar surface area (TPSA) is 88.6 Å². The number of furan rings is 1. The lowest BCUT2D eigenvalue weighted by Crippen LogP contribution is -2.33. The summed E-state index contributed by atoms with van der Waals surface area (Å²) in [4.78, 5) is 7.76. The summed E-state index contributed by atoms with van der Waals surface area (Å²) in [5.41, 5.74) is -0.501. The number of aromatic hydroxyl groups is 1. The van der Waals surface area contributed by atoms with Crippen molar-refractivity contribution in [3.63, 3.8) is 0 Å². The van der Waals surface area contributed by atoms with E-state index < -0.39 is 12.0 Å². The third kappa shape index (κ3) is 5.46. The van der Waals surface area contributed by atoms with Crippen LogP contribution in [0.5, 0.6) is 11.7 Å². The van der Waals surface area contributed by atoms with E-state index in [2.05, 4.69) is 19.1 Å². The van der Waals surface area contributed by atoms with Gasteiger partial charge in [0.05, 0.1) is 6.26 Å². The molecule has 0 aliphatic rings. The van der Waals surface area contributed by atoms with Crippen molar-refractivity contribution in [2.75, 3.05) is 0 Å². The van der Waals surface area contributed by atoms with Gasteiger partial charge in [-0.2, -0.15) is 0 Å². The largest absolute Gasteiger partial charge is 0.573 e. The third-order valence-electron chi connectivity index (χ3n) is 3.87. The van der Waals surface area contributed by atoms with Gasteiger partial charge < -0.3 is 19.4 Å². The maximum absolute atomic E-state index is 12.2. The molecule has 0 bridgehead atoms. The van der Waals surface area contributed by atoms with Crippen LogP contribution >= 0.6 is 0 Å². The van der Waals surface area contributed by atoms with E-state index in [-0.39, 0.29) is 17.6 Å². The van der Waals surface area contributed by atoms with Gasteiger partial charge in [0.15, 0.2) is 0 Å². The third-order valence-corrected chi connectivity index (χ3v) is 3.87. The van der Waals surface area contributed by atoms with Gasteiger partial charge in [-0.05, 0) is 29.7 Å². The molecule has 28 heavy (non-hydrogen) atoms. The normalized spacial score (nSPS) is 13.4. The Hall–Kier alpha value is -3.07. The maximum Gasteiger partial charge on any atom is 0.573 e. The first kappa shape index (κ1) is 21.2. The van der Waals surface area contributed by atoms with Gasteiger partial charge in [0.1, 0.15) is 17.7 Å². The highest BCUT2D eigenvalue weighted by molar-refractivity contribution is 5.37. The Morgan fingerprint density at radius 3 is 2.00 bits per heavy atom. The lowest BCUT2D eigenvalue weighted by atomic mass is 9.79. The number of aromatic nitrogens is 2. The predicted octanol–water partition coefficient (Wildman–Crippen LogP) is 4.25. The number of hydrogen-bond acceptors (Lipinski definition) is 6. The quantitative estimate of drug-likeness (QED) is 0.685. The minimum absolute atomic E-state index is 0.0324. The molecule has 2 heterocycles. The molecule has 0 saturated heterocycles. The Morgan fingerprint density at radius 2 is 1.61 bits per heavy atom. The molecule has 150 valence electrons. The molecule has 0 aliphatic heterocycles. The number of nitrogens with zero attached hydrogens (tertiary/aromatic N) is 2. The number of alkyl halides is 3. The highest BCUT2D eigenvalue weighted by Crippen LogP contribution is 2.37. The van der Waals surface area contributed by atoms with E-state index >= 15 is 0 Å². The molecule has 0 fully saturated rings. The fourth-order valence-electron chi connectivity index (χ4n) is 2.51. The van der Waals surface area contributed by atoms with Crippen LogP contribution in [0.3, 0.4) is 0 Å². The Labute approximate surface area is 159 Å². The zero-order valence-corrected chi connectivity index (χ0v) is 15.1. The number of hydrogen-bond donors (Lipinski definition) is 2. The van der Waals surface area contributed by atoms with E-state index in [9.17, 15) is 18.3 Å². The van der Waals surface area contributed by atoms with Gasteiger partial charge in [-0.15, -0.1) is 13.2 Å². The molecule has 2 aromatic heterocycles. The highest BCUT2D eigenvalue weighted by Gasteiger charge is 2.36. The molecule has 0 radical (unpaired) electrons. The maximum atomic E-state index is 12.2. The van der Waals surface area contributed by atoms with Crippen molar-refractivity contribution in [1.82, 2.24) is 9.97 Å². The van der Waals surface area contributed by atoms with E-state index in [1.165, 1.54) is 55.3 Å². The molecule has 1 unspecified atom stereocenters. The first-order valence-electron chi connectivity index (χ1n) is 8.19. The summed E-state index contributed by atoms with van der Waals surface area (Å²) in [6.45, 7) is 3.60. The van der Waals surface area contributed by atoms with Gasteiger partial charge in [0.25, 0.3) is 5.95 Å². The molecule has 3 aromatic rings. The summed E-state index contributed by atoms with van der Waals surface area (Å²) >= 11 is 0. The Morgan fingerprint density at radius 1 is 1.00 bits per heavy atom. The Balaban J connectivity index is 0.000000397. The lowest BCUT2D eigenvalue weighted by Gasteiger charge is -2.32. The highest BCUT2D eigenvalue weighted by atomic mass is 19.4. The number of benzene rings is 1. The zero-order valence-electron chi connectivity index (χ0n) is 15.1. The minimum Gasteiger partial charge on any atom is -0.481 e. The van der Waals surface area contributed by atoms with Gasteiger partial charge in [-0.3, -0.25) is 0 Å². The summed E-state index contributed by atoms with van der Waals surface area (Å²) in [5.74, 6) is -0.616. The van der Waals surface area contributed by atoms with Gasteiger partial charge in [-0.25, -0.2) is 9.97 Å². The van der Waals surface area contributed by atoms with Crippen LogP contribution in [0.15, 0.2) is 65.8 Å². The summed E-state index contributed by atoms with van der Waals surface area (Å²) in [7, 11) is 0. The molecule has 0 spiro atoms. The monoisotopic (exact) mass is 396 g/mol. The van der Waals surface area contributed by atoms with Crippen molar-refractivity contribution in [1.29, 1.82) is 0 Å². The summed E-state index contributed by atoms with van der Waals surface area (Å²) in [6.07, 6.45) is 0.962. The van der Waals surface area contributed by atoms with Crippen molar-refractivity contribution in [2.45, 2.75) is 25.8 Å². The van der Waals surface area contributed by atoms with Crippen LogP contribution in [-0.2, 0) is 5.60 Å². The van der Waals surface area contributed by atoms with E-state index in [1.807, 2.05) is 0 Å². The van der Waals surface area contributed by atoms with Crippen molar-refractivity contribution in [2.24, 2.45) is 5.92 Å². The average Bonchev–Trinajstić information content (AvgIpc) is 3.12. The van der Waals surface area contributed by atoms with E-state index in [0.717, 1.165) is 0 Å². The number of rotatable bonds is 4. The molecule has 0 amide bonds. The molecule has 1 atom stereocenters. The van der Waals surface area contributed by atoms with Gasteiger partial charge in [0, 0.05) is 24.0 Å². The molecule has 6 nitrogen and oxygen atoms in total. The first-order valence-corrected chi connectivity index (χ1v) is 8.19. The molecule has 0 saturated carbocycles. The Bertz CT molecular complexity index is 838. The number of aliphatic hydroxyl groups is 1. The molecule has 9 heteroatoms. The van der Waals surface area contributed by atoms with Crippen LogP contribution in [0, 0.1) is 5.92 Å². The predicted molar refractivity (Wildman–Crippen MR) is 93.4 cm³/mol. The summed E-state index contributed by atoms with van der Waals surface area (Å²) < 4.78 is 44.8. The van der Waals surface area contributed by atoms with E-state index in [4.69, 9.17) is 5.11 Å². The molecular formula is C19H19F3N2O4. The minimum atomic E-state index is -4.75. The fourth-order valence-corrected chi connectivity index (χ4v) is 2.51. The van der Waals surface area contributed by atoms with Gasteiger partial charge >= 0.3 is 6.36 Å². The van der Waals surface area contributed by atoms with Crippen molar-refractivity contribution in [3.8, 4) is 11.7 Å². The van der Waals surface area contributed by atoms with Gasteiger partial charge in [0.2, 0.25) is 0 Å².